The molecule has 0 saturated heterocycles. The molecule has 0 aliphatic rings. The zero-order valence-electron chi connectivity index (χ0n) is 11.5. The van der Waals surface area contributed by atoms with E-state index in [1.54, 1.807) is 0 Å². The van der Waals surface area contributed by atoms with Crippen molar-refractivity contribution in [1.82, 2.24) is 9.78 Å². The van der Waals surface area contributed by atoms with E-state index in [-0.39, 0.29) is 0 Å². The topological polar surface area (TPSA) is 17.8 Å². The van der Waals surface area contributed by atoms with Crippen LogP contribution >= 0.6 is 47.8 Å². The number of rotatable bonds is 5. The molecule has 2 rings (SSSR count). The third kappa shape index (κ3) is 3.37. The van der Waals surface area contributed by atoms with E-state index < -0.39 is 0 Å². The molecule has 2 nitrogen and oxygen atoms in total. The van der Waals surface area contributed by atoms with Gasteiger partial charge in [-0.25, -0.2) is 0 Å². The Balaban J connectivity index is 2.32. The summed E-state index contributed by atoms with van der Waals surface area (Å²) in [6.45, 7) is 2.13. The zero-order valence-corrected chi connectivity index (χ0v) is 16.3. The van der Waals surface area contributed by atoms with E-state index in [2.05, 4.69) is 78.0 Å². The van der Waals surface area contributed by atoms with E-state index in [9.17, 15) is 0 Å². The molecule has 1 aromatic carbocycles. The van der Waals surface area contributed by atoms with Gasteiger partial charge in [0.1, 0.15) is 0 Å². The highest BCUT2D eigenvalue weighted by atomic mass is 79.9. The van der Waals surface area contributed by atoms with Crippen LogP contribution in [0.15, 0.2) is 33.2 Å². The van der Waals surface area contributed by atoms with Gasteiger partial charge in [0.25, 0.3) is 0 Å². The van der Waals surface area contributed by atoms with Crippen LogP contribution in [0.3, 0.4) is 0 Å². The van der Waals surface area contributed by atoms with Gasteiger partial charge in [0.05, 0.1) is 15.9 Å². The van der Waals surface area contributed by atoms with Crippen molar-refractivity contribution in [3.63, 3.8) is 0 Å². The van der Waals surface area contributed by atoms with Crippen LogP contribution in [0.1, 0.15) is 29.8 Å². The van der Waals surface area contributed by atoms with Crippen LogP contribution in [-0.2, 0) is 19.9 Å². The monoisotopic (exact) mass is 462 g/mol. The summed E-state index contributed by atoms with van der Waals surface area (Å²) in [7, 11) is 2.02. The molecule has 1 aromatic heterocycles. The second-order valence-electron chi connectivity index (χ2n) is 4.76. The molecule has 0 bridgehead atoms. The number of nitrogens with zero attached hydrogens (tertiary/aromatic N) is 2. The summed E-state index contributed by atoms with van der Waals surface area (Å²) in [5, 5.41) is 5.50. The molecular weight excluding hydrogens is 448 g/mol. The molecule has 108 valence electrons. The Labute approximate surface area is 145 Å². The van der Waals surface area contributed by atoms with E-state index in [4.69, 9.17) is 0 Å². The van der Waals surface area contributed by atoms with Crippen molar-refractivity contribution in [3.05, 3.63) is 50.2 Å². The first-order valence-electron chi connectivity index (χ1n) is 6.59. The van der Waals surface area contributed by atoms with Gasteiger partial charge >= 0.3 is 0 Å². The quantitative estimate of drug-likeness (QED) is 0.554. The average Bonchev–Trinajstić information content (AvgIpc) is 2.72. The van der Waals surface area contributed by atoms with Crippen LogP contribution in [-0.4, -0.2) is 15.1 Å². The van der Waals surface area contributed by atoms with E-state index in [0.29, 0.717) is 5.92 Å². The van der Waals surface area contributed by atoms with E-state index in [1.807, 2.05) is 17.8 Å². The molecule has 0 aliphatic carbocycles. The maximum atomic E-state index is 4.57. The minimum absolute atomic E-state index is 0.419. The van der Waals surface area contributed by atoms with Crippen LogP contribution in [0, 0.1) is 0 Å². The molecule has 20 heavy (non-hydrogen) atoms. The van der Waals surface area contributed by atoms with Crippen LogP contribution in [0.25, 0.3) is 0 Å². The third-order valence-electron chi connectivity index (χ3n) is 3.47. The van der Waals surface area contributed by atoms with E-state index in [1.165, 1.54) is 15.7 Å². The summed E-state index contributed by atoms with van der Waals surface area (Å²) in [6.07, 6.45) is 1.90. The van der Waals surface area contributed by atoms with Gasteiger partial charge in [-0.15, -0.1) is 0 Å². The summed E-state index contributed by atoms with van der Waals surface area (Å²) in [4.78, 5) is 0. The Morgan fingerprint density at radius 1 is 1.25 bits per heavy atom. The van der Waals surface area contributed by atoms with Gasteiger partial charge in [-0.1, -0.05) is 57.0 Å². The Bertz CT molecular complexity index is 593. The van der Waals surface area contributed by atoms with E-state index >= 15 is 0 Å². The lowest BCUT2D eigenvalue weighted by molar-refractivity contribution is 0.656. The van der Waals surface area contributed by atoms with Crippen molar-refractivity contribution in [2.45, 2.75) is 25.7 Å². The number of halogens is 3. The first-order valence-corrected chi connectivity index (χ1v) is 9.29. The molecule has 2 aromatic rings. The molecule has 1 unspecified atom stereocenters. The largest absolute Gasteiger partial charge is 0.271 e. The third-order valence-corrected chi connectivity index (χ3v) is 5.89. The molecule has 0 aliphatic heterocycles. The van der Waals surface area contributed by atoms with Crippen molar-refractivity contribution in [2.24, 2.45) is 7.05 Å². The van der Waals surface area contributed by atoms with Crippen LogP contribution in [0.2, 0.25) is 0 Å². The second-order valence-corrected chi connectivity index (χ2v) is 7.06. The molecule has 0 N–H and O–H groups in total. The number of aromatic nitrogens is 2. The first kappa shape index (κ1) is 16.2. The van der Waals surface area contributed by atoms with Crippen LogP contribution in [0.5, 0.6) is 0 Å². The van der Waals surface area contributed by atoms with Gasteiger partial charge in [0.15, 0.2) is 0 Å². The highest BCUT2D eigenvalue weighted by molar-refractivity contribution is 9.11. The van der Waals surface area contributed by atoms with Crippen molar-refractivity contribution in [1.29, 1.82) is 0 Å². The van der Waals surface area contributed by atoms with Crippen molar-refractivity contribution >= 4 is 47.8 Å². The lowest BCUT2D eigenvalue weighted by Crippen LogP contribution is -2.09. The average molecular weight is 465 g/mol. The normalized spacial score (nSPS) is 12.7. The maximum Gasteiger partial charge on any atom is 0.0766 e. The van der Waals surface area contributed by atoms with Gasteiger partial charge in [-0.3, -0.25) is 4.68 Å². The van der Waals surface area contributed by atoms with Crippen LogP contribution in [0.4, 0.5) is 0 Å². The molecule has 0 saturated carbocycles. The molecule has 0 fully saturated rings. The first-order chi connectivity index (χ1) is 9.58. The molecular formula is C15H17Br3N2. The predicted octanol–water partition coefficient (Wildman–Crippen LogP) is 5.23. The summed E-state index contributed by atoms with van der Waals surface area (Å²) in [5.41, 5.74) is 3.71. The minimum atomic E-state index is 0.419. The van der Waals surface area contributed by atoms with Crippen molar-refractivity contribution in [2.75, 3.05) is 5.33 Å². The smallest absolute Gasteiger partial charge is 0.0766 e. The van der Waals surface area contributed by atoms with Gasteiger partial charge in [-0.2, -0.15) is 5.10 Å². The number of aryl methyl sites for hydroxylation is 2. The highest BCUT2D eigenvalue weighted by Gasteiger charge is 2.19. The lowest BCUT2D eigenvalue weighted by atomic mass is 9.96. The summed E-state index contributed by atoms with van der Waals surface area (Å²) < 4.78 is 4.31. The zero-order chi connectivity index (χ0) is 14.7. The molecule has 5 heteroatoms. The minimum Gasteiger partial charge on any atom is -0.271 e. The number of benzene rings is 1. The van der Waals surface area contributed by atoms with Crippen molar-refractivity contribution in [3.8, 4) is 0 Å². The number of hydrogen-bond donors (Lipinski definition) is 0. The van der Waals surface area contributed by atoms with Crippen molar-refractivity contribution < 1.29 is 0 Å². The molecule has 0 amide bonds. The fourth-order valence-corrected chi connectivity index (χ4v) is 4.29. The fourth-order valence-electron chi connectivity index (χ4n) is 2.33. The van der Waals surface area contributed by atoms with Crippen LogP contribution < -0.4 is 0 Å². The maximum absolute atomic E-state index is 4.57. The summed E-state index contributed by atoms with van der Waals surface area (Å²) in [6, 6.07) is 8.42. The molecule has 1 heterocycles. The summed E-state index contributed by atoms with van der Waals surface area (Å²) in [5.74, 6) is 0.419. The highest BCUT2D eigenvalue weighted by Crippen LogP contribution is 2.32. The molecule has 0 radical (unpaired) electrons. The van der Waals surface area contributed by atoms with Gasteiger partial charge in [-0.05, 0) is 40.4 Å². The Morgan fingerprint density at radius 2 is 1.95 bits per heavy atom. The second kappa shape index (κ2) is 7.23. The predicted molar refractivity (Wildman–Crippen MR) is 94.7 cm³/mol. The van der Waals surface area contributed by atoms with Gasteiger partial charge in [0, 0.05) is 22.8 Å². The fraction of sp³-hybridized carbons (Fsp3) is 0.400. The lowest BCUT2D eigenvalue weighted by Gasteiger charge is -2.16. The Kier molecular flexibility index (Phi) is 5.87. The summed E-state index contributed by atoms with van der Waals surface area (Å²) >= 11 is 11.0. The number of hydrogen-bond acceptors (Lipinski definition) is 1. The SMILES string of the molecule is CCc1nn(C)c(CC(CBr)c2ccccc2Br)c1Br. The van der Waals surface area contributed by atoms with Gasteiger partial charge < -0.3 is 0 Å². The Hall–Kier alpha value is -0.130. The standard InChI is InChI=1S/C15H17Br3N2/c1-3-13-15(18)14(20(2)19-13)8-10(9-16)11-6-4-5-7-12(11)17/h4-7,10H,3,8-9H2,1-2H3. The molecule has 0 spiro atoms. The number of alkyl halides is 1. The van der Waals surface area contributed by atoms with Gasteiger partial charge in [0.2, 0.25) is 0 Å². The Morgan fingerprint density at radius 3 is 2.50 bits per heavy atom. The molecule has 1 atom stereocenters. The van der Waals surface area contributed by atoms with E-state index in [0.717, 1.165) is 28.3 Å².